The van der Waals surface area contributed by atoms with Crippen LogP contribution in [0.2, 0.25) is 5.02 Å². The molecule has 0 amide bonds. The lowest BCUT2D eigenvalue weighted by Crippen LogP contribution is -1.90. The van der Waals surface area contributed by atoms with Crippen LogP contribution in [0.4, 0.5) is 5.69 Å². The van der Waals surface area contributed by atoms with Crippen LogP contribution in [0.1, 0.15) is 35.7 Å². The van der Waals surface area contributed by atoms with Crippen molar-refractivity contribution in [3.63, 3.8) is 0 Å². The first-order valence-corrected chi connectivity index (χ1v) is 8.19. The summed E-state index contributed by atoms with van der Waals surface area (Å²) in [6.07, 6.45) is 4.34. The number of hydrogen-bond acceptors (Lipinski definition) is 3. The average Bonchev–Trinajstić information content (AvgIpc) is 2.53. The molecule has 0 saturated heterocycles. The predicted molar refractivity (Wildman–Crippen MR) is 91.4 cm³/mol. The number of rotatable bonds is 7. The Hall–Kier alpha value is -1.45. The lowest BCUT2D eigenvalue weighted by atomic mass is 10.1. The van der Waals surface area contributed by atoms with Crippen LogP contribution in [0.15, 0.2) is 47.4 Å². The number of carbonyl (C=O) groups is 1. The van der Waals surface area contributed by atoms with E-state index in [-0.39, 0.29) is 0 Å². The number of aldehydes is 1. The third kappa shape index (κ3) is 4.80. The number of aryl methyl sites for hydroxylation is 1. The van der Waals surface area contributed by atoms with Crippen LogP contribution in [0.5, 0.6) is 0 Å². The molecule has 0 fully saturated rings. The van der Waals surface area contributed by atoms with E-state index in [2.05, 4.69) is 35.9 Å². The second-order valence-electron chi connectivity index (χ2n) is 4.81. The fourth-order valence-electron chi connectivity index (χ4n) is 1.91. The smallest absolute Gasteiger partial charge is 0.151 e. The Balaban J connectivity index is 1.95. The van der Waals surface area contributed by atoms with Gasteiger partial charge in [0.1, 0.15) is 0 Å². The van der Waals surface area contributed by atoms with Crippen molar-refractivity contribution in [2.45, 2.75) is 31.1 Å². The summed E-state index contributed by atoms with van der Waals surface area (Å²) in [5.41, 5.74) is 2.92. The lowest BCUT2D eigenvalue weighted by Gasteiger charge is -2.07. The normalized spacial score (nSPS) is 10.4. The molecule has 0 spiro atoms. The van der Waals surface area contributed by atoms with Crippen molar-refractivity contribution in [1.29, 1.82) is 0 Å². The summed E-state index contributed by atoms with van der Waals surface area (Å²) < 4.78 is 3.27. The molecule has 0 heterocycles. The molecule has 21 heavy (non-hydrogen) atoms. The fraction of sp³-hybridized carbons (Fsp3) is 0.235. The highest BCUT2D eigenvalue weighted by molar-refractivity contribution is 8.00. The summed E-state index contributed by atoms with van der Waals surface area (Å²) in [4.78, 5) is 11.8. The molecule has 2 nitrogen and oxygen atoms in total. The quantitative estimate of drug-likeness (QED) is 0.531. The highest BCUT2D eigenvalue weighted by Crippen LogP contribution is 2.25. The first-order chi connectivity index (χ1) is 10.2. The van der Waals surface area contributed by atoms with Crippen molar-refractivity contribution in [3.8, 4) is 0 Å². The van der Waals surface area contributed by atoms with E-state index in [4.69, 9.17) is 11.6 Å². The molecular formula is C17H18ClNOS. The van der Waals surface area contributed by atoms with Gasteiger partial charge >= 0.3 is 0 Å². The number of halogens is 1. The van der Waals surface area contributed by atoms with E-state index >= 15 is 0 Å². The minimum atomic E-state index is 0.481. The highest BCUT2D eigenvalue weighted by atomic mass is 35.5. The molecule has 2 aromatic carbocycles. The zero-order valence-corrected chi connectivity index (χ0v) is 13.5. The maximum Gasteiger partial charge on any atom is 0.151 e. The number of carbonyl (C=O) groups excluding carboxylic acids is 1. The molecule has 0 aliphatic heterocycles. The molecule has 0 aliphatic rings. The minimum Gasteiger partial charge on any atom is -0.326 e. The van der Waals surface area contributed by atoms with Gasteiger partial charge in [-0.1, -0.05) is 37.1 Å². The third-order valence-electron chi connectivity index (χ3n) is 3.15. The summed E-state index contributed by atoms with van der Waals surface area (Å²) >= 11 is 7.38. The van der Waals surface area contributed by atoms with E-state index < -0.39 is 0 Å². The summed E-state index contributed by atoms with van der Waals surface area (Å²) in [6.45, 7) is 2.20. The Morgan fingerprint density at radius 2 is 1.95 bits per heavy atom. The van der Waals surface area contributed by atoms with Gasteiger partial charge in [0, 0.05) is 16.1 Å². The second kappa shape index (κ2) is 8.11. The Morgan fingerprint density at radius 1 is 1.19 bits per heavy atom. The molecule has 0 unspecified atom stereocenters. The Labute approximate surface area is 135 Å². The van der Waals surface area contributed by atoms with Crippen LogP contribution in [-0.4, -0.2) is 6.29 Å². The van der Waals surface area contributed by atoms with E-state index in [0.717, 1.165) is 23.3 Å². The molecule has 0 atom stereocenters. The van der Waals surface area contributed by atoms with E-state index in [1.54, 1.807) is 12.1 Å². The van der Waals surface area contributed by atoms with Crippen LogP contribution in [0.25, 0.3) is 0 Å². The van der Waals surface area contributed by atoms with Crippen LogP contribution in [0, 0.1) is 0 Å². The molecular weight excluding hydrogens is 302 g/mol. The minimum absolute atomic E-state index is 0.481. The zero-order chi connectivity index (χ0) is 15.1. The van der Waals surface area contributed by atoms with Crippen LogP contribution >= 0.6 is 23.5 Å². The topological polar surface area (TPSA) is 29.1 Å². The molecule has 0 saturated carbocycles. The fourth-order valence-corrected chi connectivity index (χ4v) is 2.77. The van der Waals surface area contributed by atoms with Crippen molar-refractivity contribution in [2.75, 3.05) is 4.72 Å². The molecule has 4 heteroatoms. The van der Waals surface area contributed by atoms with E-state index in [9.17, 15) is 4.79 Å². The number of unbranched alkanes of at least 4 members (excludes halogenated alkanes) is 1. The van der Waals surface area contributed by atoms with E-state index in [1.165, 1.54) is 30.4 Å². The molecule has 2 rings (SSSR count). The summed E-state index contributed by atoms with van der Waals surface area (Å²) in [6, 6.07) is 13.9. The molecule has 0 aliphatic carbocycles. The van der Waals surface area contributed by atoms with E-state index in [0.29, 0.717) is 10.6 Å². The van der Waals surface area contributed by atoms with Crippen molar-refractivity contribution < 1.29 is 4.79 Å². The first-order valence-electron chi connectivity index (χ1n) is 6.99. The number of benzene rings is 2. The van der Waals surface area contributed by atoms with Crippen molar-refractivity contribution >= 4 is 35.5 Å². The van der Waals surface area contributed by atoms with Gasteiger partial charge in [-0.15, -0.1) is 0 Å². The monoisotopic (exact) mass is 319 g/mol. The van der Waals surface area contributed by atoms with Crippen molar-refractivity contribution in [2.24, 2.45) is 0 Å². The lowest BCUT2D eigenvalue weighted by molar-refractivity contribution is 0.112. The Bertz CT molecular complexity index is 598. The number of nitrogens with one attached hydrogen (secondary N) is 1. The van der Waals surface area contributed by atoms with E-state index in [1.807, 2.05) is 6.07 Å². The first kappa shape index (κ1) is 15.9. The van der Waals surface area contributed by atoms with Gasteiger partial charge in [0.15, 0.2) is 6.29 Å². The second-order valence-corrected chi connectivity index (χ2v) is 6.09. The standard InChI is InChI=1S/C17H18ClNOS/c1-2-3-4-13-5-7-15(8-6-13)19-21-16-9-10-17(18)14(11-16)12-20/h5-12,19H,2-4H2,1H3. The van der Waals surface area contributed by atoms with Crippen molar-refractivity contribution in [1.82, 2.24) is 0 Å². The SMILES string of the molecule is CCCCc1ccc(NSc2ccc(Cl)c(C=O)c2)cc1. The maximum absolute atomic E-state index is 10.9. The van der Waals surface area contributed by atoms with Crippen molar-refractivity contribution in [3.05, 3.63) is 58.6 Å². The summed E-state index contributed by atoms with van der Waals surface area (Å²) in [5.74, 6) is 0. The largest absolute Gasteiger partial charge is 0.326 e. The zero-order valence-electron chi connectivity index (χ0n) is 11.9. The molecule has 2 aromatic rings. The van der Waals surface area contributed by atoms with Gasteiger partial charge in [-0.3, -0.25) is 4.79 Å². The Morgan fingerprint density at radius 3 is 2.62 bits per heavy atom. The molecule has 0 aromatic heterocycles. The van der Waals surface area contributed by atoms with Gasteiger partial charge in [0.2, 0.25) is 0 Å². The summed E-state index contributed by atoms with van der Waals surface area (Å²) in [7, 11) is 0. The van der Waals surface area contributed by atoms with Crippen LogP contribution < -0.4 is 4.72 Å². The predicted octanol–water partition coefficient (Wildman–Crippen LogP) is 5.61. The molecule has 0 bridgehead atoms. The number of hydrogen-bond donors (Lipinski definition) is 1. The van der Waals surface area contributed by atoms with Crippen LogP contribution in [-0.2, 0) is 6.42 Å². The maximum atomic E-state index is 10.9. The van der Waals surface area contributed by atoms with Gasteiger partial charge in [0.25, 0.3) is 0 Å². The summed E-state index contributed by atoms with van der Waals surface area (Å²) in [5, 5.41) is 0.481. The Kier molecular flexibility index (Phi) is 6.15. The molecule has 110 valence electrons. The van der Waals surface area contributed by atoms with Gasteiger partial charge in [-0.2, -0.15) is 0 Å². The third-order valence-corrected chi connectivity index (χ3v) is 4.33. The molecule has 0 radical (unpaired) electrons. The van der Waals surface area contributed by atoms with Gasteiger partial charge in [-0.05, 0) is 60.7 Å². The highest BCUT2D eigenvalue weighted by Gasteiger charge is 2.02. The average molecular weight is 320 g/mol. The number of anilines is 1. The molecule has 1 N–H and O–H groups in total. The van der Waals surface area contributed by atoms with Crippen LogP contribution in [0.3, 0.4) is 0 Å². The van der Waals surface area contributed by atoms with Gasteiger partial charge in [0.05, 0.1) is 5.02 Å². The van der Waals surface area contributed by atoms with Gasteiger partial charge in [-0.25, -0.2) is 0 Å². The van der Waals surface area contributed by atoms with Gasteiger partial charge < -0.3 is 4.72 Å².